The first-order chi connectivity index (χ1) is 17.1. The average molecular weight is 519 g/mol. The summed E-state index contributed by atoms with van der Waals surface area (Å²) in [7, 11) is 0. The molecule has 3 saturated carbocycles. The largest absolute Gasteiger partial charge is 0.462 e. The van der Waals surface area contributed by atoms with Crippen molar-refractivity contribution in [2.75, 3.05) is 6.61 Å². The number of esters is 2. The highest BCUT2D eigenvalue weighted by Crippen LogP contribution is 2.74. The summed E-state index contributed by atoms with van der Waals surface area (Å²) in [4.78, 5) is 49.9. The molecule has 4 aliphatic carbocycles. The van der Waals surface area contributed by atoms with Crippen LogP contribution in [0.25, 0.3) is 0 Å². The topological polar surface area (TPSA) is 105 Å². The van der Waals surface area contributed by atoms with Crippen LogP contribution in [0.4, 0.5) is 4.39 Å². The Labute approximate surface area is 215 Å². The molecule has 1 aliphatic heterocycles. The lowest BCUT2D eigenvalue weighted by molar-refractivity contribution is -0.230. The highest BCUT2D eigenvalue weighted by atomic mass is 19.2. The minimum atomic E-state index is -2.46. The van der Waals surface area contributed by atoms with Crippen molar-refractivity contribution in [2.45, 2.75) is 90.6 Å². The molecule has 9 heteroatoms. The Balaban J connectivity index is 1.65. The molecule has 5 rings (SSSR count). The van der Waals surface area contributed by atoms with Crippen LogP contribution < -0.4 is 0 Å². The highest BCUT2D eigenvalue weighted by Gasteiger charge is 2.84. The number of hydrogen-bond acceptors (Lipinski definition) is 8. The van der Waals surface area contributed by atoms with Gasteiger partial charge in [0, 0.05) is 37.0 Å². The third-order valence-corrected chi connectivity index (χ3v) is 9.60. The van der Waals surface area contributed by atoms with Gasteiger partial charge in [-0.1, -0.05) is 25.5 Å². The molecule has 5 aliphatic rings. The van der Waals surface area contributed by atoms with Gasteiger partial charge in [-0.3, -0.25) is 19.2 Å². The van der Waals surface area contributed by atoms with Crippen molar-refractivity contribution >= 4 is 23.5 Å². The van der Waals surface area contributed by atoms with E-state index in [1.54, 1.807) is 26.0 Å². The van der Waals surface area contributed by atoms with E-state index in [1.165, 1.54) is 13.8 Å². The van der Waals surface area contributed by atoms with Crippen LogP contribution >= 0.6 is 0 Å². The standard InChI is InChI=1S/C28H35FO8/c1-15(30)34-14-22(33)28-26(6)13-21(35-16(2)31)23-19(8-7-17-11-18(32)9-10-25(17,23)5)20(26)12-27(28,29)36-24(3,4)37-28/h9-11,19-21,23H,7-8,12-14H2,1-6H3/t19-,20-,21-,23+,25-,26-,27+,28-/m0/s1. The van der Waals surface area contributed by atoms with Crippen LogP contribution in [0.1, 0.15) is 67.2 Å². The number of carbonyl (C=O) groups excluding carboxylic acids is 4. The van der Waals surface area contributed by atoms with E-state index in [9.17, 15) is 19.2 Å². The second-order valence-electron chi connectivity index (χ2n) is 12.2. The zero-order valence-electron chi connectivity index (χ0n) is 22.2. The fourth-order valence-corrected chi connectivity index (χ4v) is 8.53. The summed E-state index contributed by atoms with van der Waals surface area (Å²) in [6, 6.07) is 0. The van der Waals surface area contributed by atoms with Crippen LogP contribution in [0, 0.1) is 28.6 Å². The Morgan fingerprint density at radius 3 is 2.43 bits per heavy atom. The number of carbonyl (C=O) groups is 4. The van der Waals surface area contributed by atoms with Gasteiger partial charge in [-0.05, 0) is 57.1 Å². The molecular formula is C28H35FO8. The summed E-state index contributed by atoms with van der Waals surface area (Å²) in [6.07, 6.45) is 5.77. The van der Waals surface area contributed by atoms with Crippen molar-refractivity contribution in [3.63, 3.8) is 0 Å². The molecule has 0 spiro atoms. The van der Waals surface area contributed by atoms with Gasteiger partial charge < -0.3 is 18.9 Å². The van der Waals surface area contributed by atoms with Gasteiger partial charge in [0.05, 0.1) is 0 Å². The van der Waals surface area contributed by atoms with Gasteiger partial charge in [-0.2, -0.15) is 0 Å². The van der Waals surface area contributed by atoms with Crippen molar-refractivity contribution in [1.82, 2.24) is 0 Å². The van der Waals surface area contributed by atoms with E-state index in [1.807, 2.05) is 19.9 Å². The maximum absolute atomic E-state index is 17.1. The quantitative estimate of drug-likeness (QED) is 0.518. The summed E-state index contributed by atoms with van der Waals surface area (Å²) in [5, 5.41) is 0. The minimum absolute atomic E-state index is 0.0761. The first-order valence-corrected chi connectivity index (χ1v) is 13.0. The lowest BCUT2D eigenvalue weighted by Crippen LogP contribution is -2.66. The number of alkyl halides is 1. The third kappa shape index (κ3) is 3.52. The van der Waals surface area contributed by atoms with E-state index < -0.39 is 58.5 Å². The molecule has 0 N–H and O–H groups in total. The molecule has 1 heterocycles. The molecule has 0 radical (unpaired) electrons. The smallest absolute Gasteiger partial charge is 0.303 e. The number of Topliss-reactive ketones (excluding diaryl/α,β-unsaturated/α-hetero) is 1. The Morgan fingerprint density at radius 1 is 1.08 bits per heavy atom. The van der Waals surface area contributed by atoms with Crippen LogP contribution in [-0.2, 0) is 38.1 Å². The molecule has 8 atom stereocenters. The van der Waals surface area contributed by atoms with Crippen molar-refractivity contribution in [1.29, 1.82) is 0 Å². The van der Waals surface area contributed by atoms with E-state index >= 15 is 4.39 Å². The Morgan fingerprint density at radius 2 is 1.78 bits per heavy atom. The second kappa shape index (κ2) is 8.06. The minimum Gasteiger partial charge on any atom is -0.462 e. The van der Waals surface area contributed by atoms with Gasteiger partial charge in [0.2, 0.25) is 11.6 Å². The molecule has 1 saturated heterocycles. The number of fused-ring (bicyclic) bond motifs is 7. The molecule has 8 nitrogen and oxygen atoms in total. The summed E-state index contributed by atoms with van der Waals surface area (Å²) >= 11 is 0. The second-order valence-corrected chi connectivity index (χ2v) is 12.2. The molecule has 4 fully saturated rings. The van der Waals surface area contributed by atoms with Gasteiger partial charge in [0.15, 0.2) is 23.8 Å². The first-order valence-electron chi connectivity index (χ1n) is 13.0. The fraction of sp³-hybridized carbons (Fsp3) is 0.714. The number of ketones is 2. The summed E-state index contributed by atoms with van der Waals surface area (Å²) < 4.78 is 40.2. The van der Waals surface area contributed by atoms with E-state index in [0.717, 1.165) is 5.57 Å². The van der Waals surface area contributed by atoms with Crippen molar-refractivity contribution in [3.8, 4) is 0 Å². The average Bonchev–Trinajstić information content (AvgIpc) is 3.10. The monoisotopic (exact) mass is 518 g/mol. The maximum atomic E-state index is 17.1. The number of rotatable bonds is 4. The lowest BCUT2D eigenvalue weighted by atomic mass is 9.46. The van der Waals surface area contributed by atoms with Crippen LogP contribution in [0.15, 0.2) is 23.8 Å². The van der Waals surface area contributed by atoms with Crippen molar-refractivity contribution in [3.05, 3.63) is 23.8 Å². The molecule has 0 amide bonds. The predicted molar refractivity (Wildman–Crippen MR) is 127 cm³/mol. The Kier molecular flexibility index (Phi) is 5.71. The van der Waals surface area contributed by atoms with Gasteiger partial charge in [-0.25, -0.2) is 4.39 Å². The highest BCUT2D eigenvalue weighted by molar-refractivity contribution is 6.01. The zero-order valence-corrected chi connectivity index (χ0v) is 22.2. The van der Waals surface area contributed by atoms with E-state index in [4.69, 9.17) is 18.9 Å². The molecule has 0 aromatic rings. The first kappa shape index (κ1) is 26.2. The zero-order chi connectivity index (χ0) is 27.2. The van der Waals surface area contributed by atoms with Gasteiger partial charge >= 0.3 is 11.9 Å². The van der Waals surface area contributed by atoms with E-state index in [-0.39, 0.29) is 36.4 Å². The summed E-state index contributed by atoms with van der Waals surface area (Å²) in [5.74, 6) is -6.50. The number of ether oxygens (including phenoxy) is 4. The number of allylic oxidation sites excluding steroid dienone is 4. The van der Waals surface area contributed by atoms with Crippen LogP contribution in [0.3, 0.4) is 0 Å². The Bertz CT molecular complexity index is 1140. The maximum Gasteiger partial charge on any atom is 0.303 e. The SMILES string of the molecule is CC(=O)OCC(=O)[C@@]12OC(C)(C)O[C@]1(F)C[C@H]1[C@@H]3CCC4=CC(=O)C=C[C@]4(C)[C@H]3[C@@H](OC(C)=O)C[C@@]12C. The van der Waals surface area contributed by atoms with Crippen molar-refractivity contribution < 1.29 is 42.5 Å². The van der Waals surface area contributed by atoms with E-state index in [2.05, 4.69) is 0 Å². The Hall–Kier alpha value is -2.39. The number of hydrogen-bond donors (Lipinski definition) is 0. The predicted octanol–water partition coefficient (Wildman–Crippen LogP) is 3.77. The third-order valence-electron chi connectivity index (χ3n) is 9.60. The van der Waals surface area contributed by atoms with Gasteiger partial charge in [0.1, 0.15) is 6.10 Å². The van der Waals surface area contributed by atoms with Gasteiger partial charge in [-0.15, -0.1) is 0 Å². The molecular weight excluding hydrogens is 483 g/mol. The normalized spacial score (nSPS) is 45.2. The molecule has 37 heavy (non-hydrogen) atoms. The summed E-state index contributed by atoms with van der Waals surface area (Å²) in [5.41, 5.74) is -2.76. The molecule has 0 unspecified atom stereocenters. The molecule has 0 bridgehead atoms. The molecule has 202 valence electrons. The van der Waals surface area contributed by atoms with Gasteiger partial charge in [0.25, 0.3) is 0 Å². The van der Waals surface area contributed by atoms with E-state index in [0.29, 0.717) is 12.8 Å². The van der Waals surface area contributed by atoms with Crippen LogP contribution in [0.5, 0.6) is 0 Å². The summed E-state index contributed by atoms with van der Waals surface area (Å²) in [6.45, 7) is 8.84. The van der Waals surface area contributed by atoms with Crippen LogP contribution in [-0.4, -0.2) is 53.5 Å². The fourth-order valence-electron chi connectivity index (χ4n) is 8.53. The van der Waals surface area contributed by atoms with Crippen molar-refractivity contribution in [2.24, 2.45) is 28.6 Å². The lowest BCUT2D eigenvalue weighted by Gasteiger charge is -2.60. The molecule has 0 aromatic heterocycles. The van der Waals surface area contributed by atoms with Crippen LogP contribution in [0.2, 0.25) is 0 Å². The number of halogens is 1. The molecule has 0 aromatic carbocycles.